The number of rotatable bonds is 30. The summed E-state index contributed by atoms with van der Waals surface area (Å²) in [5.74, 6) is -0.110. The summed E-state index contributed by atoms with van der Waals surface area (Å²) in [6, 6.07) is 0. The molecule has 1 rings (SSSR count). The molecular formula is C37H70O4. The number of hydrogen-bond donors (Lipinski definition) is 1. The zero-order valence-electron chi connectivity index (χ0n) is 27.6. The second kappa shape index (κ2) is 27.9. The van der Waals surface area contributed by atoms with Crippen molar-refractivity contribution in [1.29, 1.82) is 0 Å². The highest BCUT2D eigenvalue weighted by Gasteiger charge is 2.40. The molecule has 0 aromatic rings. The third-order valence-corrected chi connectivity index (χ3v) is 8.89. The van der Waals surface area contributed by atoms with Crippen LogP contribution in [0.1, 0.15) is 194 Å². The van der Waals surface area contributed by atoms with Crippen molar-refractivity contribution in [2.24, 2.45) is 0 Å². The van der Waals surface area contributed by atoms with Crippen molar-refractivity contribution in [2.75, 3.05) is 0 Å². The summed E-state index contributed by atoms with van der Waals surface area (Å²) in [5, 5.41) is 10.8. The normalized spacial score (nSPS) is 19.4. The van der Waals surface area contributed by atoms with E-state index in [0.29, 0.717) is 12.8 Å². The smallest absolute Gasteiger partial charge is 0.306 e. The first kappa shape index (κ1) is 38.2. The molecule has 41 heavy (non-hydrogen) atoms. The molecule has 4 heteroatoms. The van der Waals surface area contributed by atoms with Crippen LogP contribution in [0.5, 0.6) is 0 Å². The fraction of sp³-hybridized carbons (Fsp3) is 0.919. The van der Waals surface area contributed by atoms with Crippen molar-refractivity contribution in [2.45, 2.75) is 218 Å². The molecule has 4 nitrogen and oxygen atoms in total. The van der Waals surface area contributed by atoms with Crippen LogP contribution in [0.4, 0.5) is 0 Å². The Balaban J connectivity index is 2.23. The SMILES string of the molecule is C=CCCCCCCCC(OC(=O)CCCCCCCCCCCCCCCCC)C1OC(CCCCC)CC1O. The Bertz CT molecular complexity index is 591. The van der Waals surface area contributed by atoms with E-state index in [0.717, 1.165) is 51.4 Å². The Morgan fingerprint density at radius 2 is 1.24 bits per heavy atom. The molecule has 1 heterocycles. The van der Waals surface area contributed by atoms with E-state index in [2.05, 4.69) is 20.4 Å². The zero-order chi connectivity index (χ0) is 29.8. The Morgan fingerprint density at radius 3 is 1.80 bits per heavy atom. The molecule has 0 saturated carbocycles. The summed E-state index contributed by atoms with van der Waals surface area (Å²) in [6.07, 6.45) is 34.0. The van der Waals surface area contributed by atoms with Crippen LogP contribution in [-0.4, -0.2) is 35.5 Å². The van der Waals surface area contributed by atoms with E-state index in [-0.39, 0.29) is 24.3 Å². The number of ether oxygens (including phenoxy) is 2. The van der Waals surface area contributed by atoms with Gasteiger partial charge in [-0.05, 0) is 38.5 Å². The van der Waals surface area contributed by atoms with E-state index in [1.54, 1.807) is 0 Å². The molecule has 0 spiro atoms. The van der Waals surface area contributed by atoms with Crippen molar-refractivity contribution in [1.82, 2.24) is 0 Å². The summed E-state index contributed by atoms with van der Waals surface area (Å²) < 4.78 is 12.3. The molecule has 1 N–H and O–H groups in total. The lowest BCUT2D eigenvalue weighted by atomic mass is 9.99. The molecule has 0 bridgehead atoms. The molecule has 0 radical (unpaired) electrons. The van der Waals surface area contributed by atoms with E-state index < -0.39 is 6.10 Å². The van der Waals surface area contributed by atoms with Gasteiger partial charge in [-0.15, -0.1) is 6.58 Å². The topological polar surface area (TPSA) is 55.8 Å². The van der Waals surface area contributed by atoms with Crippen molar-refractivity contribution in [3.63, 3.8) is 0 Å². The monoisotopic (exact) mass is 579 g/mol. The Kier molecular flexibility index (Phi) is 26.0. The van der Waals surface area contributed by atoms with E-state index in [1.807, 2.05) is 6.08 Å². The molecule has 4 unspecified atom stereocenters. The van der Waals surface area contributed by atoms with Crippen LogP contribution in [0.15, 0.2) is 12.7 Å². The first-order chi connectivity index (χ1) is 20.1. The van der Waals surface area contributed by atoms with Gasteiger partial charge in [-0.1, -0.05) is 148 Å². The third-order valence-electron chi connectivity index (χ3n) is 8.89. The molecule has 0 aromatic heterocycles. The van der Waals surface area contributed by atoms with Crippen molar-refractivity contribution >= 4 is 5.97 Å². The largest absolute Gasteiger partial charge is 0.459 e. The van der Waals surface area contributed by atoms with Crippen LogP contribution in [0.25, 0.3) is 0 Å². The third kappa shape index (κ3) is 21.5. The summed E-state index contributed by atoms with van der Waals surface area (Å²) in [7, 11) is 0. The number of aliphatic hydroxyl groups is 1. The van der Waals surface area contributed by atoms with E-state index in [9.17, 15) is 9.90 Å². The number of esters is 1. The van der Waals surface area contributed by atoms with E-state index in [4.69, 9.17) is 9.47 Å². The van der Waals surface area contributed by atoms with Crippen LogP contribution in [0.2, 0.25) is 0 Å². The lowest BCUT2D eigenvalue weighted by Gasteiger charge is -2.26. The predicted molar refractivity (Wildman–Crippen MR) is 175 cm³/mol. The lowest BCUT2D eigenvalue weighted by Crippen LogP contribution is -2.38. The van der Waals surface area contributed by atoms with Gasteiger partial charge in [0.2, 0.25) is 0 Å². The van der Waals surface area contributed by atoms with Gasteiger partial charge in [-0.25, -0.2) is 0 Å². The second-order valence-electron chi connectivity index (χ2n) is 12.9. The Labute approximate surface area is 255 Å². The average molecular weight is 579 g/mol. The zero-order valence-corrected chi connectivity index (χ0v) is 27.6. The average Bonchev–Trinajstić information content (AvgIpc) is 3.34. The maximum atomic E-state index is 12.8. The minimum Gasteiger partial charge on any atom is -0.459 e. The molecule has 0 aromatic carbocycles. The van der Waals surface area contributed by atoms with Crippen LogP contribution >= 0.6 is 0 Å². The van der Waals surface area contributed by atoms with Crippen molar-refractivity contribution < 1.29 is 19.4 Å². The van der Waals surface area contributed by atoms with Gasteiger partial charge in [-0.2, -0.15) is 0 Å². The standard InChI is InChI=1S/C37H70O4/c1-4-7-10-12-14-15-16-17-18-19-20-21-23-25-28-31-36(39)41-35(30-27-24-22-13-11-8-5-2)37-34(38)32-33(40-37)29-26-9-6-3/h5,33-35,37-38H,2,4,6-32H2,1,3H3. The molecule has 1 saturated heterocycles. The van der Waals surface area contributed by atoms with Crippen molar-refractivity contribution in [3.05, 3.63) is 12.7 Å². The van der Waals surface area contributed by atoms with Gasteiger partial charge in [-0.3, -0.25) is 4.79 Å². The fourth-order valence-electron chi connectivity index (χ4n) is 6.24. The Hall–Kier alpha value is -0.870. The maximum absolute atomic E-state index is 12.8. The minimum atomic E-state index is -0.530. The quantitative estimate of drug-likeness (QED) is 0.0523. The molecule has 242 valence electrons. The summed E-state index contributed by atoms with van der Waals surface area (Å²) >= 11 is 0. The molecule has 0 amide bonds. The highest BCUT2D eigenvalue weighted by atomic mass is 16.6. The second-order valence-corrected chi connectivity index (χ2v) is 12.9. The van der Waals surface area contributed by atoms with Gasteiger partial charge in [0.05, 0.1) is 12.2 Å². The van der Waals surface area contributed by atoms with Crippen LogP contribution in [0, 0.1) is 0 Å². The summed E-state index contributed by atoms with van der Waals surface area (Å²) in [6.45, 7) is 8.29. The van der Waals surface area contributed by atoms with Gasteiger partial charge < -0.3 is 14.6 Å². The van der Waals surface area contributed by atoms with Crippen LogP contribution in [-0.2, 0) is 14.3 Å². The highest BCUT2D eigenvalue weighted by Crippen LogP contribution is 2.30. The van der Waals surface area contributed by atoms with Crippen LogP contribution < -0.4 is 0 Å². The number of unbranched alkanes of at least 4 members (excludes halogenated alkanes) is 21. The summed E-state index contributed by atoms with van der Waals surface area (Å²) in [4.78, 5) is 12.8. The summed E-state index contributed by atoms with van der Waals surface area (Å²) in [5.41, 5.74) is 0. The van der Waals surface area contributed by atoms with Gasteiger partial charge in [0, 0.05) is 12.8 Å². The van der Waals surface area contributed by atoms with Gasteiger partial charge >= 0.3 is 5.97 Å². The fourth-order valence-corrected chi connectivity index (χ4v) is 6.24. The first-order valence-corrected chi connectivity index (χ1v) is 18.3. The van der Waals surface area contributed by atoms with Crippen LogP contribution in [0.3, 0.4) is 0 Å². The molecule has 0 aliphatic carbocycles. The number of carbonyl (C=O) groups is 1. The predicted octanol–water partition coefficient (Wildman–Crippen LogP) is 11.2. The number of aliphatic hydroxyl groups excluding tert-OH is 1. The first-order valence-electron chi connectivity index (χ1n) is 18.3. The molecular weight excluding hydrogens is 508 g/mol. The maximum Gasteiger partial charge on any atom is 0.306 e. The minimum absolute atomic E-state index is 0.0946. The van der Waals surface area contributed by atoms with Gasteiger partial charge in [0.15, 0.2) is 0 Å². The molecule has 1 aliphatic rings. The number of allylic oxidation sites excluding steroid dienone is 1. The lowest BCUT2D eigenvalue weighted by molar-refractivity contribution is -0.161. The Morgan fingerprint density at radius 1 is 0.756 bits per heavy atom. The number of carbonyl (C=O) groups excluding carboxylic acids is 1. The van der Waals surface area contributed by atoms with Crippen molar-refractivity contribution in [3.8, 4) is 0 Å². The molecule has 1 aliphatic heterocycles. The number of hydrogen-bond acceptors (Lipinski definition) is 4. The molecule has 4 atom stereocenters. The molecule has 1 fully saturated rings. The van der Waals surface area contributed by atoms with Gasteiger partial charge in [0.25, 0.3) is 0 Å². The van der Waals surface area contributed by atoms with Gasteiger partial charge in [0.1, 0.15) is 12.2 Å². The highest BCUT2D eigenvalue weighted by molar-refractivity contribution is 5.69. The van der Waals surface area contributed by atoms with E-state index >= 15 is 0 Å². The van der Waals surface area contributed by atoms with E-state index in [1.165, 1.54) is 116 Å².